The molecule has 0 amide bonds. The van der Waals surface area contributed by atoms with Crippen LogP contribution in [0.5, 0.6) is 5.75 Å². The van der Waals surface area contributed by atoms with Gasteiger partial charge in [0.1, 0.15) is 12.9 Å². The lowest BCUT2D eigenvalue weighted by Gasteiger charge is -2.25. The standard InChI is InChI=1S/C7H9N3O/c1-10-2-3-11-6-4-8-5-9-7(6)10/h4-5H,2-3H2,1H3. The second kappa shape index (κ2) is 2.38. The quantitative estimate of drug-likeness (QED) is 0.534. The monoisotopic (exact) mass is 151 g/mol. The van der Waals surface area contributed by atoms with Gasteiger partial charge in [-0.1, -0.05) is 0 Å². The van der Waals surface area contributed by atoms with Crippen LogP contribution in [0.25, 0.3) is 0 Å². The number of likely N-dealkylation sites (N-methyl/N-ethyl adjacent to an activating group) is 1. The smallest absolute Gasteiger partial charge is 0.180 e. The number of ether oxygens (including phenoxy) is 1. The molecule has 0 unspecified atom stereocenters. The van der Waals surface area contributed by atoms with Gasteiger partial charge in [-0.2, -0.15) is 0 Å². The van der Waals surface area contributed by atoms with Crippen molar-refractivity contribution in [1.82, 2.24) is 9.97 Å². The molecule has 1 aromatic heterocycles. The molecule has 58 valence electrons. The molecule has 11 heavy (non-hydrogen) atoms. The number of anilines is 1. The summed E-state index contributed by atoms with van der Waals surface area (Å²) in [6, 6.07) is 0. The zero-order valence-corrected chi connectivity index (χ0v) is 6.32. The van der Waals surface area contributed by atoms with E-state index in [0.717, 1.165) is 24.7 Å². The van der Waals surface area contributed by atoms with Gasteiger partial charge in [0, 0.05) is 7.05 Å². The highest BCUT2D eigenvalue weighted by molar-refractivity contribution is 5.51. The van der Waals surface area contributed by atoms with Crippen molar-refractivity contribution in [3.8, 4) is 5.75 Å². The minimum atomic E-state index is 0.719. The number of hydrogen-bond acceptors (Lipinski definition) is 4. The molecule has 0 fully saturated rings. The van der Waals surface area contributed by atoms with Crippen LogP contribution in [0.15, 0.2) is 12.5 Å². The van der Waals surface area contributed by atoms with Crippen LogP contribution in [0, 0.1) is 0 Å². The molecule has 1 aliphatic rings. The molecule has 0 aromatic carbocycles. The summed E-state index contributed by atoms with van der Waals surface area (Å²) in [5.74, 6) is 1.66. The fourth-order valence-electron chi connectivity index (χ4n) is 1.10. The highest BCUT2D eigenvalue weighted by atomic mass is 16.5. The minimum absolute atomic E-state index is 0.719. The first-order valence-electron chi connectivity index (χ1n) is 3.52. The highest BCUT2D eigenvalue weighted by Gasteiger charge is 2.14. The first kappa shape index (κ1) is 6.39. The topological polar surface area (TPSA) is 38.2 Å². The van der Waals surface area contributed by atoms with Crippen LogP contribution in [-0.2, 0) is 0 Å². The van der Waals surface area contributed by atoms with Crippen molar-refractivity contribution in [2.24, 2.45) is 0 Å². The van der Waals surface area contributed by atoms with Crippen molar-refractivity contribution in [1.29, 1.82) is 0 Å². The first-order chi connectivity index (χ1) is 5.38. The van der Waals surface area contributed by atoms with Gasteiger partial charge < -0.3 is 9.64 Å². The van der Waals surface area contributed by atoms with Crippen LogP contribution in [0.2, 0.25) is 0 Å². The Morgan fingerprint density at radius 2 is 2.55 bits per heavy atom. The van der Waals surface area contributed by atoms with Gasteiger partial charge >= 0.3 is 0 Å². The maximum Gasteiger partial charge on any atom is 0.180 e. The van der Waals surface area contributed by atoms with Crippen molar-refractivity contribution in [2.75, 3.05) is 25.1 Å². The second-order valence-electron chi connectivity index (χ2n) is 2.48. The van der Waals surface area contributed by atoms with E-state index in [-0.39, 0.29) is 0 Å². The van der Waals surface area contributed by atoms with Crippen molar-refractivity contribution in [3.05, 3.63) is 12.5 Å². The maximum absolute atomic E-state index is 5.33. The summed E-state index contributed by atoms with van der Waals surface area (Å²) in [5.41, 5.74) is 0. The molecule has 1 aromatic rings. The number of aromatic nitrogens is 2. The molecular weight excluding hydrogens is 142 g/mol. The van der Waals surface area contributed by atoms with Crippen molar-refractivity contribution >= 4 is 5.82 Å². The molecule has 0 bridgehead atoms. The van der Waals surface area contributed by atoms with E-state index in [1.165, 1.54) is 6.33 Å². The predicted molar refractivity (Wildman–Crippen MR) is 40.8 cm³/mol. The average molecular weight is 151 g/mol. The largest absolute Gasteiger partial charge is 0.486 e. The van der Waals surface area contributed by atoms with Gasteiger partial charge in [-0.25, -0.2) is 9.97 Å². The van der Waals surface area contributed by atoms with E-state index in [1.54, 1.807) is 6.20 Å². The Morgan fingerprint density at radius 3 is 3.36 bits per heavy atom. The third kappa shape index (κ3) is 1.00. The highest BCUT2D eigenvalue weighted by Crippen LogP contribution is 2.25. The summed E-state index contributed by atoms with van der Waals surface area (Å²) in [6.45, 7) is 1.61. The van der Waals surface area contributed by atoms with Gasteiger partial charge in [-0.3, -0.25) is 0 Å². The Labute approximate surface area is 64.8 Å². The predicted octanol–water partition coefficient (Wildman–Crippen LogP) is 0.305. The lowest BCUT2D eigenvalue weighted by atomic mass is 10.4. The lowest BCUT2D eigenvalue weighted by molar-refractivity contribution is 0.307. The molecule has 0 spiro atoms. The molecule has 0 atom stereocenters. The van der Waals surface area contributed by atoms with Crippen LogP contribution in [-0.4, -0.2) is 30.2 Å². The van der Waals surface area contributed by atoms with Gasteiger partial charge in [0.2, 0.25) is 0 Å². The van der Waals surface area contributed by atoms with Gasteiger partial charge in [0.15, 0.2) is 11.6 Å². The third-order valence-electron chi connectivity index (χ3n) is 1.70. The Morgan fingerprint density at radius 1 is 1.64 bits per heavy atom. The zero-order valence-electron chi connectivity index (χ0n) is 6.32. The van der Waals surface area contributed by atoms with Gasteiger partial charge in [0.25, 0.3) is 0 Å². The van der Waals surface area contributed by atoms with Crippen LogP contribution < -0.4 is 9.64 Å². The molecule has 2 rings (SSSR count). The van der Waals surface area contributed by atoms with E-state index in [0.29, 0.717) is 0 Å². The van der Waals surface area contributed by atoms with E-state index >= 15 is 0 Å². The fourth-order valence-corrected chi connectivity index (χ4v) is 1.10. The van der Waals surface area contributed by atoms with Crippen LogP contribution >= 0.6 is 0 Å². The summed E-state index contributed by atoms with van der Waals surface area (Å²) in [4.78, 5) is 10.0. The van der Waals surface area contributed by atoms with Crippen LogP contribution in [0.4, 0.5) is 5.82 Å². The van der Waals surface area contributed by atoms with Crippen molar-refractivity contribution in [3.63, 3.8) is 0 Å². The summed E-state index contributed by atoms with van der Waals surface area (Å²) < 4.78 is 5.33. The molecule has 4 nitrogen and oxygen atoms in total. The number of hydrogen-bond donors (Lipinski definition) is 0. The summed E-state index contributed by atoms with van der Waals surface area (Å²) in [7, 11) is 1.99. The average Bonchev–Trinajstić information content (AvgIpc) is 2.06. The van der Waals surface area contributed by atoms with Crippen LogP contribution in [0.1, 0.15) is 0 Å². The van der Waals surface area contributed by atoms with E-state index in [2.05, 4.69) is 14.9 Å². The summed E-state index contributed by atoms with van der Waals surface area (Å²) in [6.07, 6.45) is 3.22. The maximum atomic E-state index is 5.33. The van der Waals surface area contributed by atoms with Gasteiger partial charge in [0.05, 0.1) is 12.7 Å². The Bertz CT molecular complexity index is 264. The molecule has 4 heteroatoms. The Kier molecular flexibility index (Phi) is 1.38. The van der Waals surface area contributed by atoms with Crippen molar-refractivity contribution in [2.45, 2.75) is 0 Å². The first-order valence-corrected chi connectivity index (χ1v) is 3.52. The van der Waals surface area contributed by atoms with E-state index in [4.69, 9.17) is 4.74 Å². The normalized spacial score (nSPS) is 15.5. The molecule has 0 saturated carbocycles. The number of fused-ring (bicyclic) bond motifs is 1. The molecule has 0 aliphatic carbocycles. The minimum Gasteiger partial charge on any atom is -0.486 e. The molecule has 0 saturated heterocycles. The molecular formula is C7H9N3O. The van der Waals surface area contributed by atoms with E-state index < -0.39 is 0 Å². The zero-order chi connectivity index (χ0) is 7.68. The van der Waals surface area contributed by atoms with E-state index in [1.807, 2.05) is 7.05 Å². The van der Waals surface area contributed by atoms with Crippen LogP contribution in [0.3, 0.4) is 0 Å². The summed E-state index contributed by atoms with van der Waals surface area (Å²) >= 11 is 0. The van der Waals surface area contributed by atoms with E-state index in [9.17, 15) is 0 Å². The number of rotatable bonds is 0. The van der Waals surface area contributed by atoms with Crippen molar-refractivity contribution < 1.29 is 4.74 Å². The molecule has 0 N–H and O–H groups in total. The lowest BCUT2D eigenvalue weighted by Crippen LogP contribution is -2.29. The Balaban J connectivity index is 2.44. The third-order valence-corrected chi connectivity index (χ3v) is 1.70. The molecule has 0 radical (unpaired) electrons. The fraction of sp³-hybridized carbons (Fsp3) is 0.429. The molecule has 2 heterocycles. The second-order valence-corrected chi connectivity index (χ2v) is 2.48. The molecule has 1 aliphatic heterocycles. The van der Waals surface area contributed by atoms with Gasteiger partial charge in [-0.15, -0.1) is 0 Å². The SMILES string of the molecule is CN1CCOc2cncnc21. The Hall–Kier alpha value is -1.32. The number of nitrogens with zero attached hydrogens (tertiary/aromatic N) is 3. The summed E-state index contributed by atoms with van der Waals surface area (Å²) in [5, 5.41) is 0. The van der Waals surface area contributed by atoms with Gasteiger partial charge in [-0.05, 0) is 0 Å².